The van der Waals surface area contributed by atoms with Crippen molar-refractivity contribution < 1.29 is 18.1 Å². The molecule has 8 nitrogen and oxygen atoms in total. The van der Waals surface area contributed by atoms with Crippen LogP contribution in [0.4, 0.5) is 5.69 Å². The van der Waals surface area contributed by atoms with Gasteiger partial charge in [-0.2, -0.15) is 4.31 Å². The van der Waals surface area contributed by atoms with E-state index in [1.54, 1.807) is 0 Å². The van der Waals surface area contributed by atoms with Crippen LogP contribution >= 0.6 is 11.6 Å². The van der Waals surface area contributed by atoms with Crippen molar-refractivity contribution in [3.05, 3.63) is 51.8 Å². The Morgan fingerprint density at radius 2 is 1.88 bits per heavy atom. The van der Waals surface area contributed by atoms with Crippen molar-refractivity contribution in [2.75, 3.05) is 13.1 Å². The van der Waals surface area contributed by atoms with Crippen molar-refractivity contribution in [3.8, 4) is 11.5 Å². The minimum atomic E-state index is -3.77. The summed E-state index contributed by atoms with van der Waals surface area (Å²) < 4.78 is 32.2. The number of hydrogen-bond donors (Lipinski definition) is 0. The Hall–Kier alpha value is -2.23. The SMILES string of the molecule is O=[N+]([O-])c1cc(S(=O)(=O)N2CCCCC2)ccc1Oc1ccc(Cl)nc1. The topological polar surface area (TPSA) is 103 Å². The molecular formula is C16H16ClN3O5S. The molecule has 0 unspecified atom stereocenters. The van der Waals surface area contributed by atoms with E-state index in [0.29, 0.717) is 13.1 Å². The van der Waals surface area contributed by atoms with Crippen molar-refractivity contribution in [2.45, 2.75) is 24.2 Å². The number of pyridine rings is 1. The lowest BCUT2D eigenvalue weighted by Gasteiger charge is -2.25. The van der Waals surface area contributed by atoms with E-state index >= 15 is 0 Å². The number of aromatic nitrogens is 1. The first-order valence-electron chi connectivity index (χ1n) is 7.96. The van der Waals surface area contributed by atoms with E-state index in [4.69, 9.17) is 16.3 Å². The van der Waals surface area contributed by atoms with E-state index < -0.39 is 20.6 Å². The molecule has 0 spiro atoms. The van der Waals surface area contributed by atoms with Crippen molar-refractivity contribution in [2.24, 2.45) is 0 Å². The van der Waals surface area contributed by atoms with Gasteiger partial charge >= 0.3 is 5.69 Å². The molecule has 0 radical (unpaired) electrons. The van der Waals surface area contributed by atoms with Crippen molar-refractivity contribution >= 4 is 27.3 Å². The first-order valence-corrected chi connectivity index (χ1v) is 9.78. The number of nitro groups is 1. The predicted octanol–water partition coefficient (Wildman–Crippen LogP) is 3.61. The Bertz CT molecular complexity index is 912. The lowest BCUT2D eigenvalue weighted by molar-refractivity contribution is -0.385. The van der Waals surface area contributed by atoms with Crippen LogP contribution in [-0.2, 0) is 10.0 Å². The van der Waals surface area contributed by atoms with Crippen LogP contribution in [0.15, 0.2) is 41.4 Å². The molecule has 1 aliphatic heterocycles. The molecule has 3 rings (SSSR count). The molecule has 0 N–H and O–H groups in total. The van der Waals surface area contributed by atoms with Gasteiger partial charge in [-0.05, 0) is 37.1 Å². The van der Waals surface area contributed by atoms with Crippen molar-refractivity contribution in [3.63, 3.8) is 0 Å². The van der Waals surface area contributed by atoms with E-state index in [1.807, 2.05) is 0 Å². The first kappa shape index (κ1) is 18.6. The second-order valence-electron chi connectivity index (χ2n) is 5.77. The summed E-state index contributed by atoms with van der Waals surface area (Å²) in [5, 5.41) is 11.7. The summed E-state index contributed by atoms with van der Waals surface area (Å²) in [5.74, 6) is 0.181. The van der Waals surface area contributed by atoms with Crippen LogP contribution in [-0.4, -0.2) is 35.7 Å². The molecule has 26 heavy (non-hydrogen) atoms. The Morgan fingerprint density at radius 1 is 1.15 bits per heavy atom. The van der Waals surface area contributed by atoms with Gasteiger partial charge < -0.3 is 4.74 Å². The number of benzene rings is 1. The highest BCUT2D eigenvalue weighted by molar-refractivity contribution is 7.89. The summed E-state index contributed by atoms with van der Waals surface area (Å²) in [5.41, 5.74) is -0.432. The van der Waals surface area contributed by atoms with Crippen LogP contribution in [0.25, 0.3) is 0 Å². The smallest absolute Gasteiger partial charge is 0.312 e. The van der Waals surface area contributed by atoms with E-state index in [1.165, 1.54) is 34.8 Å². The van der Waals surface area contributed by atoms with E-state index in [0.717, 1.165) is 25.3 Å². The molecule has 1 saturated heterocycles. The number of hydrogen-bond acceptors (Lipinski definition) is 6. The highest BCUT2D eigenvalue weighted by Crippen LogP contribution is 2.34. The zero-order valence-corrected chi connectivity index (χ0v) is 15.2. The number of nitrogens with zero attached hydrogens (tertiary/aromatic N) is 3. The second kappa shape index (κ2) is 7.56. The molecule has 138 valence electrons. The van der Waals surface area contributed by atoms with Crippen molar-refractivity contribution in [1.29, 1.82) is 0 Å². The third-order valence-corrected chi connectivity index (χ3v) is 6.13. The van der Waals surface area contributed by atoms with Gasteiger partial charge in [0.1, 0.15) is 10.9 Å². The summed E-state index contributed by atoms with van der Waals surface area (Å²) in [6.07, 6.45) is 3.87. The number of nitro benzene ring substituents is 1. The van der Waals surface area contributed by atoms with Crippen LogP contribution in [0.2, 0.25) is 5.15 Å². The lowest BCUT2D eigenvalue weighted by atomic mass is 10.2. The molecular weight excluding hydrogens is 382 g/mol. The highest BCUT2D eigenvalue weighted by atomic mass is 35.5. The summed E-state index contributed by atoms with van der Waals surface area (Å²) in [6, 6.07) is 6.62. The number of halogens is 1. The maximum absolute atomic E-state index is 12.7. The van der Waals surface area contributed by atoms with Gasteiger partial charge in [0.25, 0.3) is 0 Å². The summed E-state index contributed by atoms with van der Waals surface area (Å²) in [6.45, 7) is 0.843. The van der Waals surface area contributed by atoms with Gasteiger partial charge in [-0.3, -0.25) is 10.1 Å². The van der Waals surface area contributed by atoms with Gasteiger partial charge in [-0.15, -0.1) is 0 Å². The molecule has 0 bridgehead atoms. The molecule has 2 heterocycles. The first-order chi connectivity index (χ1) is 12.4. The normalized spacial score (nSPS) is 15.6. The van der Waals surface area contributed by atoms with Crippen LogP contribution < -0.4 is 4.74 Å². The molecule has 1 fully saturated rings. The monoisotopic (exact) mass is 397 g/mol. The number of rotatable bonds is 5. The van der Waals surface area contributed by atoms with Gasteiger partial charge in [0.15, 0.2) is 0 Å². The molecule has 0 atom stereocenters. The highest BCUT2D eigenvalue weighted by Gasteiger charge is 2.29. The molecule has 1 aromatic carbocycles. The molecule has 1 aromatic heterocycles. The minimum Gasteiger partial charge on any atom is -0.449 e. The Morgan fingerprint density at radius 3 is 2.50 bits per heavy atom. The predicted molar refractivity (Wildman–Crippen MR) is 95.0 cm³/mol. The van der Waals surface area contributed by atoms with Gasteiger partial charge in [-0.1, -0.05) is 18.0 Å². The van der Waals surface area contributed by atoms with Gasteiger partial charge in [-0.25, -0.2) is 13.4 Å². The number of piperidine rings is 1. The maximum Gasteiger partial charge on any atom is 0.312 e. The van der Waals surface area contributed by atoms with E-state index in [2.05, 4.69) is 4.98 Å². The van der Waals surface area contributed by atoms with E-state index in [9.17, 15) is 18.5 Å². The zero-order chi connectivity index (χ0) is 18.7. The Balaban J connectivity index is 1.93. The average molecular weight is 398 g/mol. The zero-order valence-electron chi connectivity index (χ0n) is 13.7. The summed E-state index contributed by atoms with van der Waals surface area (Å²) in [7, 11) is -3.77. The fourth-order valence-electron chi connectivity index (χ4n) is 2.69. The third-order valence-electron chi connectivity index (χ3n) is 4.01. The largest absolute Gasteiger partial charge is 0.449 e. The maximum atomic E-state index is 12.7. The molecule has 10 heteroatoms. The van der Waals surface area contributed by atoms with Crippen LogP contribution in [0.1, 0.15) is 19.3 Å². The lowest BCUT2D eigenvalue weighted by Crippen LogP contribution is -2.35. The summed E-state index contributed by atoms with van der Waals surface area (Å²) >= 11 is 5.69. The number of ether oxygens (including phenoxy) is 1. The third kappa shape index (κ3) is 3.95. The molecule has 0 saturated carbocycles. The second-order valence-corrected chi connectivity index (χ2v) is 8.10. The van der Waals surface area contributed by atoms with Crippen LogP contribution in [0.5, 0.6) is 11.5 Å². The Labute approximate surface area is 155 Å². The average Bonchev–Trinajstić information content (AvgIpc) is 2.64. The minimum absolute atomic E-state index is 0.0725. The standard InChI is InChI=1S/C16H16ClN3O5S/c17-16-7-4-12(11-18-16)25-15-6-5-13(10-14(15)20(21)22)26(23,24)19-8-2-1-3-9-19/h4-7,10-11H,1-3,8-9H2. The molecule has 2 aromatic rings. The van der Waals surface area contributed by atoms with Crippen LogP contribution in [0.3, 0.4) is 0 Å². The molecule has 1 aliphatic rings. The quantitative estimate of drug-likeness (QED) is 0.433. The summed E-state index contributed by atoms with van der Waals surface area (Å²) in [4.78, 5) is 14.4. The van der Waals surface area contributed by atoms with Gasteiger partial charge in [0.05, 0.1) is 16.0 Å². The molecule has 0 aliphatic carbocycles. The molecule has 0 amide bonds. The van der Waals surface area contributed by atoms with Crippen molar-refractivity contribution in [1.82, 2.24) is 9.29 Å². The number of sulfonamides is 1. The fourth-order valence-corrected chi connectivity index (χ4v) is 4.34. The van der Waals surface area contributed by atoms with E-state index in [-0.39, 0.29) is 21.5 Å². The Kier molecular flexibility index (Phi) is 5.40. The fraction of sp³-hybridized carbons (Fsp3) is 0.312. The van der Waals surface area contributed by atoms with Gasteiger partial charge in [0.2, 0.25) is 15.8 Å². The van der Waals surface area contributed by atoms with Gasteiger partial charge in [0, 0.05) is 19.2 Å². The van der Waals surface area contributed by atoms with Crippen LogP contribution in [0, 0.1) is 10.1 Å².